The standard InChI is InChI=1S/C61H54N4.Pt/c1-58(2,3)39-27-30-43(31-28-39)65-53-25-17-22-44(56(53)64-57(65)49-37-42(60(7,8)9)36-48-47-35-40(59(4,5)6)29-32-52(47)63-55(48)49)38-18-16-19-41(34-38)61(54-26-14-15-33-62-54)50-23-12-10-20-45(50)46-21-11-13-24-51(46)61;/h10-33,35-37H,1-9H3;/q-2;+2. The van der Waals surface area contributed by atoms with E-state index in [9.17, 15) is 0 Å². The monoisotopic (exact) mass is 1040 g/mol. The van der Waals surface area contributed by atoms with Gasteiger partial charge in [-0.15, -0.1) is 46.4 Å². The SMILES string of the molecule is CC(C)(C)c1ccc(-n2c(-c3cc(C(C)(C)C)cc4c3[n-]c3ccc(C(C)(C)C)cc34)nc3c(-c4[c-]c(C5(c6ccccn6)c6ccccc6-c6ccccc65)ccc4)cccc32)cc1.[Pt+2]. The van der Waals surface area contributed by atoms with Gasteiger partial charge in [0.25, 0.3) is 0 Å². The van der Waals surface area contributed by atoms with Gasteiger partial charge >= 0.3 is 21.1 Å². The molecule has 0 atom stereocenters. The molecule has 0 bridgehead atoms. The molecule has 66 heavy (non-hydrogen) atoms. The van der Waals surface area contributed by atoms with Crippen LogP contribution in [0.2, 0.25) is 0 Å². The summed E-state index contributed by atoms with van der Waals surface area (Å²) in [6.45, 7) is 20.5. The number of hydrogen-bond acceptors (Lipinski definition) is 2. The second-order valence-corrected chi connectivity index (χ2v) is 21.0. The second kappa shape index (κ2) is 15.6. The third kappa shape index (κ3) is 6.82. The first-order valence-corrected chi connectivity index (χ1v) is 22.9. The summed E-state index contributed by atoms with van der Waals surface area (Å²) in [6.07, 6.45) is 1.91. The minimum absolute atomic E-state index is 0. The first-order valence-electron chi connectivity index (χ1n) is 22.9. The molecule has 3 aromatic heterocycles. The van der Waals surface area contributed by atoms with Crippen molar-refractivity contribution in [1.82, 2.24) is 19.5 Å². The normalized spacial score (nSPS) is 13.5. The smallest absolute Gasteiger partial charge is 0.656 e. The summed E-state index contributed by atoms with van der Waals surface area (Å²) in [6, 6.07) is 61.6. The van der Waals surface area contributed by atoms with E-state index in [-0.39, 0.29) is 37.3 Å². The zero-order valence-electron chi connectivity index (χ0n) is 39.2. The number of aromatic nitrogens is 4. The Morgan fingerprint density at radius 1 is 0.530 bits per heavy atom. The topological polar surface area (TPSA) is 44.8 Å². The predicted octanol–water partition coefficient (Wildman–Crippen LogP) is 15.1. The third-order valence-electron chi connectivity index (χ3n) is 13.8. The number of para-hydroxylation sites is 1. The van der Waals surface area contributed by atoms with Gasteiger partial charge in [0, 0.05) is 17.4 Å². The zero-order chi connectivity index (χ0) is 45.0. The number of imidazole rings is 1. The maximum absolute atomic E-state index is 5.77. The molecule has 5 heteroatoms. The summed E-state index contributed by atoms with van der Waals surface area (Å²) in [5.41, 5.74) is 17.9. The number of nitrogens with zero attached hydrogens (tertiary/aromatic N) is 4. The van der Waals surface area contributed by atoms with Crippen molar-refractivity contribution >= 4 is 32.8 Å². The van der Waals surface area contributed by atoms with Gasteiger partial charge in [0.15, 0.2) is 0 Å². The Morgan fingerprint density at radius 3 is 1.79 bits per heavy atom. The van der Waals surface area contributed by atoms with Crippen LogP contribution < -0.4 is 4.98 Å². The molecule has 11 rings (SSSR count). The summed E-state index contributed by atoms with van der Waals surface area (Å²) in [4.78, 5) is 16.3. The maximum atomic E-state index is 5.77. The number of hydrogen-bond donors (Lipinski definition) is 0. The van der Waals surface area contributed by atoms with Crippen molar-refractivity contribution in [2.75, 3.05) is 0 Å². The Bertz CT molecular complexity index is 3430. The summed E-state index contributed by atoms with van der Waals surface area (Å²) >= 11 is 0. The van der Waals surface area contributed by atoms with Crippen LogP contribution >= 0.6 is 0 Å². The van der Waals surface area contributed by atoms with Crippen LogP contribution in [0.5, 0.6) is 0 Å². The molecule has 328 valence electrons. The van der Waals surface area contributed by atoms with E-state index in [0.717, 1.165) is 66.9 Å². The van der Waals surface area contributed by atoms with Crippen LogP contribution in [0.3, 0.4) is 0 Å². The minimum atomic E-state index is -0.672. The molecule has 0 fully saturated rings. The van der Waals surface area contributed by atoms with Crippen LogP contribution in [0.1, 0.15) is 101 Å². The van der Waals surface area contributed by atoms with Crippen molar-refractivity contribution in [3.05, 3.63) is 209 Å². The molecule has 3 heterocycles. The van der Waals surface area contributed by atoms with E-state index in [4.69, 9.17) is 15.0 Å². The Hall–Kier alpha value is -6.35. The van der Waals surface area contributed by atoms with Crippen molar-refractivity contribution in [2.45, 2.75) is 84.0 Å². The van der Waals surface area contributed by atoms with Gasteiger partial charge in [-0.05, 0) is 102 Å². The first kappa shape index (κ1) is 43.5. The van der Waals surface area contributed by atoms with Crippen LogP contribution in [0, 0.1) is 6.07 Å². The van der Waals surface area contributed by atoms with E-state index in [0.29, 0.717) is 0 Å². The Morgan fingerprint density at radius 2 is 1.14 bits per heavy atom. The first-order chi connectivity index (χ1) is 31.1. The molecule has 0 N–H and O–H groups in total. The van der Waals surface area contributed by atoms with Gasteiger partial charge in [0.2, 0.25) is 0 Å². The molecule has 0 spiro atoms. The maximum Gasteiger partial charge on any atom is 2.00 e. The molecule has 10 aromatic rings. The van der Waals surface area contributed by atoms with E-state index in [2.05, 4.69) is 225 Å². The fourth-order valence-electron chi connectivity index (χ4n) is 10.2. The molecule has 1 aliphatic carbocycles. The largest absolute Gasteiger partial charge is 2.00 e. The summed E-state index contributed by atoms with van der Waals surface area (Å²) in [5.74, 6) is 0.866. The van der Waals surface area contributed by atoms with Gasteiger partial charge in [0.1, 0.15) is 5.82 Å². The molecule has 4 nitrogen and oxygen atoms in total. The molecule has 0 saturated heterocycles. The molecule has 0 amide bonds. The summed E-state index contributed by atoms with van der Waals surface area (Å²) < 4.78 is 2.36. The summed E-state index contributed by atoms with van der Waals surface area (Å²) in [5, 5.41) is 2.34. The Kier molecular flexibility index (Phi) is 10.3. The van der Waals surface area contributed by atoms with Gasteiger partial charge in [0.05, 0.1) is 22.1 Å². The van der Waals surface area contributed by atoms with Crippen molar-refractivity contribution in [3.63, 3.8) is 0 Å². The van der Waals surface area contributed by atoms with Crippen molar-refractivity contribution in [3.8, 4) is 39.3 Å². The fraction of sp³-hybridized carbons (Fsp3) is 0.213. The average Bonchev–Trinajstić information content (AvgIpc) is 3.97. The van der Waals surface area contributed by atoms with Gasteiger partial charge in [-0.1, -0.05) is 171 Å². The van der Waals surface area contributed by atoms with Crippen LogP contribution in [0.25, 0.3) is 72.2 Å². The van der Waals surface area contributed by atoms with E-state index in [1.54, 1.807) is 0 Å². The van der Waals surface area contributed by atoms with Crippen molar-refractivity contribution < 1.29 is 21.1 Å². The summed E-state index contributed by atoms with van der Waals surface area (Å²) in [7, 11) is 0. The number of fused-ring (bicyclic) bond motifs is 7. The number of benzene rings is 7. The van der Waals surface area contributed by atoms with Gasteiger partial charge in [-0.3, -0.25) is 9.55 Å². The van der Waals surface area contributed by atoms with Crippen LogP contribution in [0.15, 0.2) is 164 Å². The molecule has 0 saturated carbocycles. The van der Waals surface area contributed by atoms with E-state index >= 15 is 0 Å². The Balaban J connectivity index is 0.00000511. The zero-order valence-corrected chi connectivity index (χ0v) is 41.5. The predicted molar refractivity (Wildman–Crippen MR) is 270 cm³/mol. The van der Waals surface area contributed by atoms with E-state index < -0.39 is 5.41 Å². The molecule has 1 aliphatic rings. The number of pyridine rings is 1. The van der Waals surface area contributed by atoms with Crippen LogP contribution in [-0.4, -0.2) is 14.5 Å². The minimum Gasteiger partial charge on any atom is -0.656 e. The van der Waals surface area contributed by atoms with E-state index in [1.807, 2.05) is 12.3 Å². The van der Waals surface area contributed by atoms with E-state index in [1.165, 1.54) is 44.3 Å². The average molecular weight is 1040 g/mol. The molecular formula is C61H54N4Pt. The van der Waals surface area contributed by atoms with Gasteiger partial charge in [-0.25, -0.2) is 4.98 Å². The van der Waals surface area contributed by atoms with Crippen LogP contribution in [0.4, 0.5) is 0 Å². The third-order valence-corrected chi connectivity index (χ3v) is 13.8. The molecule has 0 unspecified atom stereocenters. The molecule has 7 aromatic carbocycles. The second-order valence-electron chi connectivity index (χ2n) is 21.0. The van der Waals surface area contributed by atoms with Crippen molar-refractivity contribution in [2.24, 2.45) is 0 Å². The van der Waals surface area contributed by atoms with Crippen LogP contribution in [-0.2, 0) is 42.7 Å². The fourth-order valence-corrected chi connectivity index (χ4v) is 10.2. The molecule has 0 radical (unpaired) electrons. The quantitative estimate of drug-likeness (QED) is 0.161. The van der Waals surface area contributed by atoms with Gasteiger partial charge < -0.3 is 4.98 Å². The van der Waals surface area contributed by atoms with Gasteiger partial charge in [-0.2, -0.15) is 0 Å². The number of rotatable bonds is 5. The Labute approximate surface area is 403 Å². The molecular weight excluding hydrogens is 984 g/mol. The van der Waals surface area contributed by atoms with Crippen molar-refractivity contribution in [1.29, 1.82) is 0 Å². The molecule has 0 aliphatic heterocycles.